The van der Waals surface area contributed by atoms with Gasteiger partial charge in [-0.25, -0.2) is 4.68 Å². The summed E-state index contributed by atoms with van der Waals surface area (Å²) in [5.74, 6) is 0.151. The summed E-state index contributed by atoms with van der Waals surface area (Å²) in [6.45, 7) is 3.90. The highest BCUT2D eigenvalue weighted by Gasteiger charge is 2.10. The Balaban J connectivity index is 2.34. The van der Waals surface area contributed by atoms with Crippen LogP contribution in [0.3, 0.4) is 0 Å². The third kappa shape index (κ3) is 2.46. The molecule has 2 aliphatic rings. The third-order valence-electron chi connectivity index (χ3n) is 3.16. The van der Waals surface area contributed by atoms with Crippen LogP contribution in [0.25, 0.3) is 16.8 Å². The van der Waals surface area contributed by atoms with Crippen LogP contribution in [0.2, 0.25) is 0 Å². The van der Waals surface area contributed by atoms with E-state index in [0.29, 0.717) is 5.13 Å². The van der Waals surface area contributed by atoms with Crippen molar-refractivity contribution in [1.29, 1.82) is 5.41 Å². The highest BCUT2D eigenvalue weighted by atomic mass is 32.1. The molecule has 7 heteroatoms. The van der Waals surface area contributed by atoms with Gasteiger partial charge in [-0.05, 0) is 43.2 Å². The number of H-pyrrole nitrogens is 1. The number of rotatable bonds is 1. The van der Waals surface area contributed by atoms with Gasteiger partial charge in [0.25, 0.3) is 5.56 Å². The van der Waals surface area contributed by atoms with Crippen molar-refractivity contribution in [2.45, 2.75) is 13.8 Å². The fraction of sp³-hybridized carbons (Fsp3) is 0.133. The number of aromatic amines is 1. The normalized spacial score (nSPS) is 12.0. The van der Waals surface area contributed by atoms with Gasteiger partial charge in [0.15, 0.2) is 5.49 Å². The molecule has 6 nitrogen and oxygen atoms in total. The molecule has 3 N–H and O–H groups in total. The summed E-state index contributed by atoms with van der Waals surface area (Å²) in [6.07, 6.45) is 1.59. The predicted octanol–water partition coefficient (Wildman–Crippen LogP) is 0.264. The number of nitrogens with zero attached hydrogens (tertiary/aromatic N) is 2. The van der Waals surface area contributed by atoms with Gasteiger partial charge in [-0.3, -0.25) is 15.3 Å². The molecule has 0 saturated heterocycles. The van der Waals surface area contributed by atoms with Crippen LogP contribution in [0, 0.1) is 5.41 Å². The number of hydrogen-bond donors (Lipinski definition) is 3. The number of phenolic OH excluding ortho intramolecular Hbond substituents is 1. The van der Waals surface area contributed by atoms with Crippen molar-refractivity contribution in [2.75, 3.05) is 0 Å². The maximum atomic E-state index is 12.2. The smallest absolute Gasteiger partial charge is 0.283 e. The van der Waals surface area contributed by atoms with E-state index in [1.54, 1.807) is 18.2 Å². The largest absolute Gasteiger partial charge is 0.508 e. The maximum Gasteiger partial charge on any atom is 0.283 e. The molecule has 0 amide bonds. The lowest BCUT2D eigenvalue weighted by molar-refractivity contribution is 0.475. The first-order valence-electron chi connectivity index (χ1n) is 6.60. The van der Waals surface area contributed by atoms with Gasteiger partial charge in [0.1, 0.15) is 10.4 Å². The van der Waals surface area contributed by atoms with Gasteiger partial charge < -0.3 is 5.11 Å². The molecule has 0 spiro atoms. The molecule has 0 bridgehead atoms. The zero-order chi connectivity index (χ0) is 15.9. The second-order valence-corrected chi connectivity index (χ2v) is 6.05. The molecule has 2 heterocycles. The van der Waals surface area contributed by atoms with E-state index in [1.807, 2.05) is 13.8 Å². The summed E-state index contributed by atoms with van der Waals surface area (Å²) in [5, 5.41) is 21.3. The molecule has 0 aromatic heterocycles. The van der Waals surface area contributed by atoms with Gasteiger partial charge >= 0.3 is 0 Å². The lowest BCUT2D eigenvalue weighted by Crippen LogP contribution is -2.47. The minimum atomic E-state index is -0.436. The Morgan fingerprint density at radius 2 is 2.05 bits per heavy atom. The number of nitrogens with one attached hydrogen (secondary N) is 2. The highest BCUT2D eigenvalue weighted by molar-refractivity contribution is 7.11. The second kappa shape index (κ2) is 5.27. The molecule has 0 radical (unpaired) electrons. The van der Waals surface area contributed by atoms with Crippen LogP contribution in [0.5, 0.6) is 5.75 Å². The van der Waals surface area contributed by atoms with Gasteiger partial charge in [-0.1, -0.05) is 23.5 Å². The lowest BCUT2D eigenvalue weighted by Gasteiger charge is -2.00. The van der Waals surface area contributed by atoms with E-state index in [9.17, 15) is 9.90 Å². The van der Waals surface area contributed by atoms with Gasteiger partial charge in [0.05, 0.1) is 5.22 Å². The summed E-state index contributed by atoms with van der Waals surface area (Å²) in [7, 11) is 0. The molecule has 112 valence electrons. The van der Waals surface area contributed by atoms with Crippen molar-refractivity contribution in [2.24, 2.45) is 0 Å². The van der Waals surface area contributed by atoms with Crippen molar-refractivity contribution in [3.8, 4) is 10.9 Å². The maximum absolute atomic E-state index is 12.2. The molecule has 3 rings (SSSR count). The zero-order valence-corrected chi connectivity index (χ0v) is 12.9. The molecular formula is C15H14N4O2S. The minimum absolute atomic E-state index is 0.0619. The summed E-state index contributed by atoms with van der Waals surface area (Å²) in [6, 6.07) is 6.41. The molecule has 1 aromatic carbocycles. The SMILES string of the molecule is CC(C)=c1[nH]n2c(=N)c(=Cc3ccc(O)cc3)c(=O)nc-2s1. The Morgan fingerprint density at radius 3 is 2.68 bits per heavy atom. The van der Waals surface area contributed by atoms with Crippen LogP contribution >= 0.6 is 11.3 Å². The first kappa shape index (κ1) is 14.3. The summed E-state index contributed by atoms with van der Waals surface area (Å²) in [5.41, 5.74) is 1.41. The van der Waals surface area contributed by atoms with Crippen LogP contribution in [-0.2, 0) is 0 Å². The zero-order valence-electron chi connectivity index (χ0n) is 12.0. The van der Waals surface area contributed by atoms with Crippen molar-refractivity contribution in [1.82, 2.24) is 14.8 Å². The lowest BCUT2D eigenvalue weighted by atomic mass is 10.2. The summed E-state index contributed by atoms with van der Waals surface area (Å²) < 4.78 is 2.38. The molecule has 1 aromatic rings. The topological polar surface area (TPSA) is 94.8 Å². The molecule has 0 saturated carbocycles. The highest BCUT2D eigenvalue weighted by Crippen LogP contribution is 2.09. The van der Waals surface area contributed by atoms with Crippen LogP contribution < -0.4 is 20.9 Å². The Hall–Kier alpha value is -2.67. The van der Waals surface area contributed by atoms with E-state index in [0.717, 1.165) is 15.8 Å². The van der Waals surface area contributed by atoms with E-state index in [2.05, 4.69) is 10.1 Å². The van der Waals surface area contributed by atoms with Gasteiger partial charge in [0, 0.05) is 0 Å². The Bertz CT molecular complexity index is 1040. The van der Waals surface area contributed by atoms with Gasteiger partial charge in [-0.2, -0.15) is 4.98 Å². The molecule has 0 atom stereocenters. The van der Waals surface area contributed by atoms with Crippen LogP contribution in [-0.4, -0.2) is 19.9 Å². The van der Waals surface area contributed by atoms with Gasteiger partial charge in [-0.15, -0.1) is 0 Å². The van der Waals surface area contributed by atoms with E-state index in [4.69, 9.17) is 5.41 Å². The van der Waals surface area contributed by atoms with E-state index >= 15 is 0 Å². The number of phenols is 1. The van der Waals surface area contributed by atoms with Crippen molar-refractivity contribution >= 4 is 23.0 Å². The third-order valence-corrected chi connectivity index (χ3v) is 4.32. The summed E-state index contributed by atoms with van der Waals surface area (Å²) >= 11 is 1.34. The number of aromatic hydroxyl groups is 1. The number of aromatic nitrogens is 3. The fourth-order valence-corrected chi connectivity index (χ4v) is 2.86. The number of hydrogen-bond acceptors (Lipinski definition) is 5. The quantitative estimate of drug-likeness (QED) is 0.601. The molecule has 0 fully saturated rings. The first-order chi connectivity index (χ1) is 10.5. The first-order valence-corrected chi connectivity index (χ1v) is 7.42. The van der Waals surface area contributed by atoms with Gasteiger partial charge in [0.2, 0.25) is 5.13 Å². The van der Waals surface area contributed by atoms with E-state index < -0.39 is 5.56 Å². The Kier molecular flexibility index (Phi) is 3.42. The van der Waals surface area contributed by atoms with Crippen LogP contribution in [0.4, 0.5) is 0 Å². The van der Waals surface area contributed by atoms with E-state index in [-0.39, 0.29) is 16.5 Å². The van der Waals surface area contributed by atoms with Crippen LogP contribution in [0.1, 0.15) is 19.4 Å². The number of fused-ring (bicyclic) bond motifs is 1. The average Bonchev–Trinajstić information content (AvgIpc) is 2.90. The monoisotopic (exact) mass is 314 g/mol. The van der Waals surface area contributed by atoms with Crippen molar-refractivity contribution < 1.29 is 5.11 Å². The second-order valence-electron chi connectivity index (χ2n) is 5.08. The summed E-state index contributed by atoms with van der Waals surface area (Å²) in [4.78, 5) is 16.2. The van der Waals surface area contributed by atoms with Crippen LogP contribution in [0.15, 0.2) is 29.1 Å². The van der Waals surface area contributed by atoms with E-state index in [1.165, 1.54) is 28.2 Å². The standard InChI is InChI=1S/C15H14N4O2S/c1-8(2)14-18-19-12(16)11(13(21)17-15(19)22-14)7-9-3-5-10(20)6-4-9/h3-7,16,18,20H,1-2H3. The Morgan fingerprint density at radius 1 is 1.36 bits per heavy atom. The molecule has 0 unspecified atom stereocenters. The molecule has 22 heavy (non-hydrogen) atoms. The fourth-order valence-electron chi connectivity index (χ4n) is 1.98. The average molecular weight is 314 g/mol. The predicted molar refractivity (Wildman–Crippen MR) is 84.8 cm³/mol. The van der Waals surface area contributed by atoms with Crippen molar-refractivity contribution in [3.05, 3.63) is 55.6 Å². The number of benzene rings is 1. The Labute approximate surface area is 129 Å². The molecule has 0 aliphatic carbocycles. The molecular weight excluding hydrogens is 300 g/mol. The molecule has 2 aliphatic heterocycles. The van der Waals surface area contributed by atoms with Crippen molar-refractivity contribution in [3.63, 3.8) is 0 Å². The minimum Gasteiger partial charge on any atom is -0.508 e.